The summed E-state index contributed by atoms with van der Waals surface area (Å²) in [5, 5.41) is 4.64. The maximum absolute atomic E-state index is 13.5. The van der Waals surface area contributed by atoms with Crippen molar-refractivity contribution in [2.45, 2.75) is 62.5 Å². The molecule has 3 atom stereocenters. The first-order valence-corrected chi connectivity index (χ1v) is 14.0. The van der Waals surface area contributed by atoms with Gasteiger partial charge in [-0.1, -0.05) is 13.8 Å². The first-order valence-electron chi connectivity index (χ1n) is 12.8. The molecule has 2 saturated heterocycles. The molecule has 188 valence electrons. The topological polar surface area (TPSA) is 63.5 Å². The summed E-state index contributed by atoms with van der Waals surface area (Å²) >= 11 is 1.51. The standard InChI is InChI=1S/C26H34FN5O2S/c1-16(2)24-28-15-32(29-24)20-9-26(10-20)13-31(14-26)25(33)30-11-17-6-21(7-18(17)12-30)34-22-5-4-19(27)8-23(22)35-3/h4-5,8,15-18,20-21H,6-7,9-14H2,1-3H3/t17-,18+,21?. The maximum atomic E-state index is 13.5. The summed E-state index contributed by atoms with van der Waals surface area (Å²) in [6.07, 6.45) is 8.04. The molecule has 1 spiro atoms. The molecule has 2 aliphatic carbocycles. The van der Waals surface area contributed by atoms with Crippen LogP contribution in [0.2, 0.25) is 0 Å². The summed E-state index contributed by atoms with van der Waals surface area (Å²) in [4.78, 5) is 22.5. The molecule has 2 aromatic rings. The van der Waals surface area contributed by atoms with Gasteiger partial charge in [0.25, 0.3) is 0 Å². The van der Waals surface area contributed by atoms with Gasteiger partial charge in [0.05, 0.1) is 17.0 Å². The number of hydrogen-bond donors (Lipinski definition) is 0. The van der Waals surface area contributed by atoms with Crippen molar-refractivity contribution < 1.29 is 13.9 Å². The highest BCUT2D eigenvalue weighted by molar-refractivity contribution is 7.98. The smallest absolute Gasteiger partial charge is 0.320 e. The van der Waals surface area contributed by atoms with E-state index in [0.717, 1.165) is 68.3 Å². The number of carbonyl (C=O) groups excluding carboxylic acids is 1. The molecule has 1 aromatic heterocycles. The molecule has 1 unspecified atom stereocenters. The molecular formula is C26H34FN5O2S. The van der Waals surface area contributed by atoms with Crippen LogP contribution in [0.5, 0.6) is 5.75 Å². The van der Waals surface area contributed by atoms with Crippen molar-refractivity contribution in [2.24, 2.45) is 17.3 Å². The van der Waals surface area contributed by atoms with Crippen LogP contribution in [-0.2, 0) is 0 Å². The number of nitrogens with zero attached hydrogens (tertiary/aromatic N) is 5. The lowest BCUT2D eigenvalue weighted by molar-refractivity contribution is -0.0735. The molecule has 35 heavy (non-hydrogen) atoms. The lowest BCUT2D eigenvalue weighted by Gasteiger charge is -2.59. The van der Waals surface area contributed by atoms with Crippen LogP contribution in [0, 0.1) is 23.1 Å². The van der Waals surface area contributed by atoms with E-state index in [1.807, 2.05) is 22.2 Å². The number of ether oxygens (including phenoxy) is 1. The van der Waals surface area contributed by atoms with Crippen LogP contribution < -0.4 is 4.74 Å². The van der Waals surface area contributed by atoms with E-state index in [1.54, 1.807) is 6.07 Å². The van der Waals surface area contributed by atoms with E-state index < -0.39 is 0 Å². The van der Waals surface area contributed by atoms with Crippen molar-refractivity contribution in [3.63, 3.8) is 0 Å². The molecule has 7 nitrogen and oxygen atoms in total. The second-order valence-electron chi connectivity index (χ2n) is 11.4. The average Bonchev–Trinajstić information content (AvgIpc) is 3.48. The van der Waals surface area contributed by atoms with Gasteiger partial charge in [-0.3, -0.25) is 0 Å². The Labute approximate surface area is 210 Å². The van der Waals surface area contributed by atoms with Crippen LogP contribution >= 0.6 is 11.8 Å². The van der Waals surface area contributed by atoms with E-state index >= 15 is 0 Å². The molecule has 2 aliphatic heterocycles. The first kappa shape index (κ1) is 23.1. The van der Waals surface area contributed by atoms with Crippen LogP contribution in [0.3, 0.4) is 0 Å². The Morgan fingerprint density at radius 1 is 1.17 bits per heavy atom. The molecule has 2 saturated carbocycles. The molecule has 0 bridgehead atoms. The molecule has 4 aliphatic rings. The predicted molar refractivity (Wildman–Crippen MR) is 132 cm³/mol. The van der Waals surface area contributed by atoms with Crippen molar-refractivity contribution in [1.29, 1.82) is 0 Å². The van der Waals surface area contributed by atoms with Gasteiger partial charge in [0.15, 0.2) is 5.82 Å². The van der Waals surface area contributed by atoms with Crippen molar-refractivity contribution >= 4 is 17.8 Å². The minimum absolute atomic E-state index is 0.144. The third kappa shape index (κ3) is 4.19. The molecule has 2 amide bonds. The molecular weight excluding hydrogens is 465 g/mol. The van der Waals surface area contributed by atoms with Gasteiger partial charge >= 0.3 is 6.03 Å². The summed E-state index contributed by atoms with van der Waals surface area (Å²) in [5.41, 5.74) is 0.281. The summed E-state index contributed by atoms with van der Waals surface area (Å²) in [6, 6.07) is 5.36. The first-order chi connectivity index (χ1) is 16.8. The Morgan fingerprint density at radius 2 is 1.89 bits per heavy atom. The van der Waals surface area contributed by atoms with Crippen molar-refractivity contribution in [3.05, 3.63) is 36.2 Å². The summed E-state index contributed by atoms with van der Waals surface area (Å²) in [7, 11) is 0. The largest absolute Gasteiger partial charge is 0.489 e. The Hall–Kier alpha value is -2.29. The number of urea groups is 1. The van der Waals surface area contributed by atoms with Crippen LogP contribution in [0.25, 0.3) is 0 Å². The zero-order valence-electron chi connectivity index (χ0n) is 20.7. The lowest BCUT2D eigenvalue weighted by atomic mass is 9.61. The van der Waals surface area contributed by atoms with Gasteiger partial charge in [-0.25, -0.2) is 18.9 Å². The Bertz CT molecular complexity index is 1090. The highest BCUT2D eigenvalue weighted by Crippen LogP contribution is 2.54. The number of likely N-dealkylation sites (tertiary alicyclic amines) is 2. The van der Waals surface area contributed by atoms with E-state index in [-0.39, 0.29) is 23.4 Å². The van der Waals surface area contributed by atoms with E-state index in [9.17, 15) is 9.18 Å². The van der Waals surface area contributed by atoms with Gasteiger partial charge in [0.1, 0.15) is 17.9 Å². The minimum Gasteiger partial charge on any atom is -0.489 e. The summed E-state index contributed by atoms with van der Waals surface area (Å²) in [5.74, 6) is 2.78. The van der Waals surface area contributed by atoms with Crippen LogP contribution in [0.4, 0.5) is 9.18 Å². The third-order valence-electron chi connectivity index (χ3n) is 8.47. The number of thioether (sulfide) groups is 1. The van der Waals surface area contributed by atoms with E-state index in [2.05, 4.69) is 28.8 Å². The maximum Gasteiger partial charge on any atom is 0.320 e. The van der Waals surface area contributed by atoms with Crippen LogP contribution in [0.15, 0.2) is 29.4 Å². The van der Waals surface area contributed by atoms with Crippen molar-refractivity contribution in [1.82, 2.24) is 24.6 Å². The quantitative estimate of drug-likeness (QED) is 0.553. The Kier molecular flexibility index (Phi) is 5.73. The number of amides is 2. The Balaban J connectivity index is 0.971. The van der Waals surface area contributed by atoms with Crippen LogP contribution in [0.1, 0.15) is 57.3 Å². The number of halogens is 1. The molecule has 6 rings (SSSR count). The lowest BCUT2D eigenvalue weighted by Crippen LogP contribution is -2.65. The fourth-order valence-electron chi connectivity index (χ4n) is 6.63. The molecule has 3 heterocycles. The summed E-state index contributed by atoms with van der Waals surface area (Å²) < 4.78 is 21.8. The fraction of sp³-hybridized carbons (Fsp3) is 0.654. The van der Waals surface area contributed by atoms with E-state index in [0.29, 0.717) is 23.8 Å². The second kappa shape index (κ2) is 8.68. The zero-order valence-corrected chi connectivity index (χ0v) is 21.5. The Morgan fingerprint density at radius 3 is 2.51 bits per heavy atom. The van der Waals surface area contributed by atoms with Crippen molar-refractivity contribution in [3.8, 4) is 5.75 Å². The number of aromatic nitrogens is 3. The number of rotatable bonds is 5. The van der Waals surface area contributed by atoms with Gasteiger partial charge in [-0.05, 0) is 62.0 Å². The zero-order chi connectivity index (χ0) is 24.3. The van der Waals surface area contributed by atoms with Gasteiger partial charge in [-0.2, -0.15) is 5.10 Å². The van der Waals surface area contributed by atoms with E-state index in [1.165, 1.54) is 23.9 Å². The highest BCUT2D eigenvalue weighted by Gasteiger charge is 2.56. The van der Waals surface area contributed by atoms with Gasteiger partial charge in [0, 0.05) is 37.5 Å². The monoisotopic (exact) mass is 499 g/mol. The minimum atomic E-state index is -0.233. The molecule has 9 heteroatoms. The second-order valence-corrected chi connectivity index (χ2v) is 12.2. The predicted octanol–water partition coefficient (Wildman–Crippen LogP) is 4.81. The van der Waals surface area contributed by atoms with Crippen molar-refractivity contribution in [2.75, 3.05) is 32.4 Å². The van der Waals surface area contributed by atoms with E-state index in [4.69, 9.17) is 4.74 Å². The normalized spacial score (nSPS) is 27.3. The number of hydrogen-bond acceptors (Lipinski definition) is 5. The van der Waals surface area contributed by atoms with Gasteiger partial charge in [0.2, 0.25) is 0 Å². The van der Waals surface area contributed by atoms with Crippen LogP contribution in [-0.4, -0.2) is 69.1 Å². The number of carbonyl (C=O) groups is 1. The van der Waals surface area contributed by atoms with Gasteiger partial charge in [-0.15, -0.1) is 11.8 Å². The fourth-order valence-corrected chi connectivity index (χ4v) is 7.18. The molecule has 0 N–H and O–H groups in total. The third-order valence-corrected chi connectivity index (χ3v) is 9.23. The molecule has 0 radical (unpaired) electrons. The average molecular weight is 500 g/mol. The van der Waals surface area contributed by atoms with Gasteiger partial charge < -0.3 is 14.5 Å². The highest BCUT2D eigenvalue weighted by atomic mass is 32.2. The summed E-state index contributed by atoms with van der Waals surface area (Å²) in [6.45, 7) is 7.62. The molecule has 1 aromatic carbocycles. The number of fused-ring (bicyclic) bond motifs is 1. The number of benzene rings is 1. The molecule has 4 fully saturated rings. The SMILES string of the molecule is CSc1cc(F)ccc1OC1C[C@@H]2CN(C(=O)N3CC4(CC(n5cnc(C(C)C)n5)C4)C3)C[C@@H]2C1.